The second kappa shape index (κ2) is 10.1. The fourth-order valence-corrected chi connectivity index (χ4v) is 4.23. The van der Waals surface area contributed by atoms with Crippen LogP contribution in [0.5, 0.6) is 11.5 Å². The molecule has 0 spiro atoms. The zero-order chi connectivity index (χ0) is 24.2. The van der Waals surface area contributed by atoms with Crippen LogP contribution in [0, 0.1) is 20.8 Å². The Kier molecular flexibility index (Phi) is 7.03. The average Bonchev–Trinajstić information content (AvgIpc) is 3.16. The molecule has 0 aliphatic carbocycles. The number of nitrogens with zero attached hydrogens (tertiary/aromatic N) is 3. The van der Waals surface area contributed by atoms with Crippen molar-refractivity contribution in [1.82, 2.24) is 19.7 Å². The molecule has 4 rings (SSSR count). The largest absolute Gasteiger partial charge is 0.493 e. The molecule has 0 saturated carbocycles. The third kappa shape index (κ3) is 4.99. The number of aryl methyl sites for hydroxylation is 3. The smallest absolute Gasteiger partial charge is 0.255 e. The summed E-state index contributed by atoms with van der Waals surface area (Å²) >= 11 is 0. The molecule has 0 bridgehead atoms. The first-order valence-electron chi connectivity index (χ1n) is 11.5. The summed E-state index contributed by atoms with van der Waals surface area (Å²) in [4.78, 5) is 13.6. The normalized spacial score (nSPS) is 11.2. The lowest BCUT2D eigenvalue weighted by atomic mass is 10.1. The Labute approximate surface area is 199 Å². The van der Waals surface area contributed by atoms with Gasteiger partial charge in [0.15, 0.2) is 11.5 Å². The van der Waals surface area contributed by atoms with Crippen LogP contribution in [0.4, 0.5) is 0 Å². The molecule has 2 aromatic carbocycles. The Balaban J connectivity index is 1.66. The first kappa shape index (κ1) is 23.6. The standard InChI is InChI=1S/C27H32N4O3/c1-18-6-8-21(9-7-18)17-30-24-15-26(34-5)25(33-4)14-22(24)13-23(27(30)32)16-28-10-11-31-20(3)12-19(2)29-31/h6-9,12-15,28H,10-11,16-17H2,1-5H3. The zero-order valence-corrected chi connectivity index (χ0v) is 20.5. The van der Waals surface area contributed by atoms with E-state index < -0.39 is 0 Å². The van der Waals surface area contributed by atoms with Crippen LogP contribution >= 0.6 is 0 Å². The van der Waals surface area contributed by atoms with Gasteiger partial charge in [-0.1, -0.05) is 29.8 Å². The van der Waals surface area contributed by atoms with E-state index in [2.05, 4.69) is 54.6 Å². The molecule has 7 nitrogen and oxygen atoms in total. The number of benzene rings is 2. The van der Waals surface area contributed by atoms with Crippen molar-refractivity contribution < 1.29 is 9.47 Å². The number of hydrogen-bond donors (Lipinski definition) is 1. The van der Waals surface area contributed by atoms with Gasteiger partial charge in [-0.15, -0.1) is 0 Å². The van der Waals surface area contributed by atoms with Gasteiger partial charge in [-0.05, 0) is 44.5 Å². The van der Waals surface area contributed by atoms with Crippen LogP contribution in [0.3, 0.4) is 0 Å². The number of methoxy groups -OCH3 is 2. The average molecular weight is 461 g/mol. The summed E-state index contributed by atoms with van der Waals surface area (Å²) in [5.41, 5.74) is 5.90. The summed E-state index contributed by atoms with van der Waals surface area (Å²) < 4.78 is 14.8. The third-order valence-corrected chi connectivity index (χ3v) is 6.05. The van der Waals surface area contributed by atoms with E-state index in [1.807, 2.05) is 34.4 Å². The van der Waals surface area contributed by atoms with E-state index in [9.17, 15) is 4.79 Å². The van der Waals surface area contributed by atoms with Crippen molar-refractivity contribution in [3.8, 4) is 11.5 Å². The van der Waals surface area contributed by atoms with Crippen molar-refractivity contribution in [3.05, 3.63) is 87.0 Å². The van der Waals surface area contributed by atoms with Crippen LogP contribution in [0.1, 0.15) is 28.1 Å². The Bertz CT molecular complexity index is 1350. The number of rotatable bonds is 9. The van der Waals surface area contributed by atoms with Crippen molar-refractivity contribution >= 4 is 10.9 Å². The molecule has 7 heteroatoms. The SMILES string of the molecule is COc1cc2cc(CNCCn3nc(C)cc3C)c(=O)n(Cc3ccc(C)cc3)c2cc1OC. The third-order valence-electron chi connectivity index (χ3n) is 6.05. The maximum atomic E-state index is 13.6. The van der Waals surface area contributed by atoms with E-state index in [0.29, 0.717) is 36.7 Å². The minimum absolute atomic E-state index is 0.0149. The minimum atomic E-state index is -0.0149. The fourth-order valence-electron chi connectivity index (χ4n) is 4.23. The van der Waals surface area contributed by atoms with Gasteiger partial charge in [-0.2, -0.15) is 5.10 Å². The highest BCUT2D eigenvalue weighted by Gasteiger charge is 2.14. The number of ether oxygens (including phenoxy) is 2. The lowest BCUT2D eigenvalue weighted by molar-refractivity contribution is 0.355. The van der Waals surface area contributed by atoms with Crippen molar-refractivity contribution in [2.75, 3.05) is 20.8 Å². The molecule has 4 aromatic rings. The molecule has 178 valence electrons. The monoisotopic (exact) mass is 460 g/mol. The van der Waals surface area contributed by atoms with Crippen molar-refractivity contribution in [3.63, 3.8) is 0 Å². The molecule has 0 radical (unpaired) electrons. The highest BCUT2D eigenvalue weighted by atomic mass is 16.5. The van der Waals surface area contributed by atoms with Crippen LogP contribution in [-0.2, 0) is 19.6 Å². The fraction of sp³-hybridized carbons (Fsp3) is 0.333. The molecule has 0 amide bonds. The van der Waals surface area contributed by atoms with Crippen LogP contribution < -0.4 is 20.3 Å². The molecule has 2 heterocycles. The van der Waals surface area contributed by atoms with Gasteiger partial charge in [0, 0.05) is 35.8 Å². The van der Waals surface area contributed by atoms with Gasteiger partial charge in [0.25, 0.3) is 5.56 Å². The summed E-state index contributed by atoms with van der Waals surface area (Å²) in [7, 11) is 3.22. The van der Waals surface area contributed by atoms with Crippen LogP contribution in [0.25, 0.3) is 10.9 Å². The number of aromatic nitrogens is 3. The van der Waals surface area contributed by atoms with Gasteiger partial charge >= 0.3 is 0 Å². The van der Waals surface area contributed by atoms with Gasteiger partial charge in [0.05, 0.1) is 38.5 Å². The topological polar surface area (TPSA) is 70.3 Å². The second-order valence-corrected chi connectivity index (χ2v) is 8.64. The Morgan fingerprint density at radius 2 is 1.65 bits per heavy atom. The predicted molar refractivity (Wildman–Crippen MR) is 135 cm³/mol. The maximum Gasteiger partial charge on any atom is 0.255 e. The van der Waals surface area contributed by atoms with E-state index in [4.69, 9.17) is 9.47 Å². The van der Waals surface area contributed by atoms with E-state index >= 15 is 0 Å². The highest BCUT2D eigenvalue weighted by molar-refractivity contribution is 5.84. The molecular weight excluding hydrogens is 428 g/mol. The van der Waals surface area contributed by atoms with Crippen LogP contribution in [-0.4, -0.2) is 35.1 Å². The van der Waals surface area contributed by atoms with E-state index in [-0.39, 0.29) is 5.56 Å². The first-order valence-corrected chi connectivity index (χ1v) is 11.5. The lowest BCUT2D eigenvalue weighted by Crippen LogP contribution is -2.29. The molecule has 0 aliphatic rings. The van der Waals surface area contributed by atoms with Crippen molar-refractivity contribution in [1.29, 1.82) is 0 Å². The summed E-state index contributed by atoms with van der Waals surface area (Å²) in [6, 6.07) is 16.1. The summed E-state index contributed by atoms with van der Waals surface area (Å²) in [5.74, 6) is 1.24. The van der Waals surface area contributed by atoms with Crippen molar-refractivity contribution in [2.24, 2.45) is 0 Å². The second-order valence-electron chi connectivity index (χ2n) is 8.64. The molecule has 0 unspecified atom stereocenters. The summed E-state index contributed by atoms with van der Waals surface area (Å²) in [6.07, 6.45) is 0. The molecule has 1 N–H and O–H groups in total. The summed E-state index contributed by atoms with van der Waals surface area (Å²) in [5, 5.41) is 8.84. The van der Waals surface area contributed by atoms with Crippen LogP contribution in [0.15, 0.2) is 53.3 Å². The minimum Gasteiger partial charge on any atom is -0.493 e. The van der Waals surface area contributed by atoms with Gasteiger partial charge in [0.1, 0.15) is 0 Å². The number of pyridine rings is 1. The van der Waals surface area contributed by atoms with E-state index in [1.165, 1.54) is 5.56 Å². The molecule has 0 fully saturated rings. The Morgan fingerprint density at radius 1 is 0.941 bits per heavy atom. The van der Waals surface area contributed by atoms with Gasteiger partial charge in [0.2, 0.25) is 0 Å². The molecule has 0 atom stereocenters. The number of hydrogen-bond acceptors (Lipinski definition) is 5. The first-order chi connectivity index (χ1) is 16.4. The predicted octanol–water partition coefficient (Wildman–Crippen LogP) is 3.98. The quantitative estimate of drug-likeness (QED) is 0.383. The van der Waals surface area contributed by atoms with Gasteiger partial charge in [-0.3, -0.25) is 9.48 Å². The molecular formula is C27H32N4O3. The molecule has 34 heavy (non-hydrogen) atoms. The highest BCUT2D eigenvalue weighted by Crippen LogP contribution is 2.32. The maximum absolute atomic E-state index is 13.6. The van der Waals surface area contributed by atoms with Gasteiger partial charge in [-0.25, -0.2) is 0 Å². The Morgan fingerprint density at radius 3 is 2.29 bits per heavy atom. The van der Waals surface area contributed by atoms with Crippen molar-refractivity contribution in [2.45, 2.75) is 40.4 Å². The lowest BCUT2D eigenvalue weighted by Gasteiger charge is -2.16. The van der Waals surface area contributed by atoms with E-state index in [1.54, 1.807) is 14.2 Å². The molecule has 0 aliphatic heterocycles. The molecule has 0 saturated heterocycles. The number of nitrogens with one attached hydrogen (secondary N) is 1. The summed E-state index contributed by atoms with van der Waals surface area (Å²) in [6.45, 7) is 8.50. The van der Waals surface area contributed by atoms with Gasteiger partial charge < -0.3 is 19.4 Å². The Hall–Kier alpha value is -3.58. The van der Waals surface area contributed by atoms with Crippen LogP contribution in [0.2, 0.25) is 0 Å². The molecule has 2 aromatic heterocycles. The zero-order valence-electron chi connectivity index (χ0n) is 20.5. The number of fused-ring (bicyclic) bond motifs is 1. The van der Waals surface area contributed by atoms with E-state index in [0.717, 1.165) is 34.4 Å².